The van der Waals surface area contributed by atoms with E-state index in [9.17, 15) is 9.59 Å². The van der Waals surface area contributed by atoms with Crippen LogP contribution in [0.1, 0.15) is 19.8 Å². The highest BCUT2D eigenvalue weighted by Gasteiger charge is 2.23. The van der Waals surface area contributed by atoms with Gasteiger partial charge in [0.05, 0.1) is 6.04 Å². The molecule has 1 fully saturated rings. The molecule has 0 aromatic carbocycles. The molecule has 0 aromatic heterocycles. The summed E-state index contributed by atoms with van der Waals surface area (Å²) >= 11 is 0. The number of hydrogen-bond donors (Lipinski definition) is 0. The van der Waals surface area contributed by atoms with Gasteiger partial charge in [-0.05, 0) is 13.3 Å². The zero-order valence-corrected chi connectivity index (χ0v) is 6.04. The van der Waals surface area contributed by atoms with Gasteiger partial charge in [-0.3, -0.25) is 4.79 Å². The lowest BCUT2D eigenvalue weighted by Gasteiger charge is -2.18. The zero-order valence-electron chi connectivity index (χ0n) is 6.04. The molecule has 1 heterocycles. The Kier molecular flexibility index (Phi) is 2.04. The van der Waals surface area contributed by atoms with E-state index in [0.717, 1.165) is 19.3 Å². The molecule has 1 unspecified atom stereocenters. The molecular weight excluding hydrogens is 130 g/mol. The second kappa shape index (κ2) is 2.82. The summed E-state index contributed by atoms with van der Waals surface area (Å²) in [4.78, 5) is 22.8. The van der Waals surface area contributed by atoms with Gasteiger partial charge in [-0.1, -0.05) is 0 Å². The minimum absolute atomic E-state index is 0.111. The van der Waals surface area contributed by atoms with Crippen molar-refractivity contribution in [3.05, 3.63) is 0 Å². The van der Waals surface area contributed by atoms with Crippen LogP contribution in [-0.4, -0.2) is 29.7 Å². The van der Waals surface area contributed by atoms with Crippen molar-refractivity contribution in [3.8, 4) is 0 Å². The van der Waals surface area contributed by atoms with E-state index < -0.39 is 0 Å². The molecule has 0 aliphatic carbocycles. The fourth-order valence-corrected chi connectivity index (χ4v) is 1.17. The number of rotatable bonds is 2. The van der Waals surface area contributed by atoms with Crippen LogP contribution in [-0.2, 0) is 9.59 Å². The largest absolute Gasteiger partial charge is 0.333 e. The average molecular weight is 141 g/mol. The summed E-state index contributed by atoms with van der Waals surface area (Å²) in [6, 6.07) is -0.227. The number of amides is 1. The van der Waals surface area contributed by atoms with E-state index in [2.05, 4.69) is 0 Å². The quantitative estimate of drug-likeness (QED) is 0.515. The van der Waals surface area contributed by atoms with Gasteiger partial charge in [-0.15, -0.1) is 0 Å². The molecule has 3 heteroatoms. The Morgan fingerprint density at radius 2 is 2.40 bits per heavy atom. The van der Waals surface area contributed by atoms with Crippen LogP contribution in [0, 0.1) is 0 Å². The predicted octanol–water partition coefficient (Wildman–Crippen LogP) is 0.196. The van der Waals surface area contributed by atoms with E-state index >= 15 is 0 Å². The molecular formula is C7H11NO2. The molecule has 56 valence electrons. The number of aldehydes is 1. The molecule has 1 saturated heterocycles. The van der Waals surface area contributed by atoms with Gasteiger partial charge < -0.3 is 9.69 Å². The van der Waals surface area contributed by atoms with Crippen molar-refractivity contribution < 1.29 is 9.59 Å². The fourth-order valence-electron chi connectivity index (χ4n) is 1.17. The van der Waals surface area contributed by atoms with Gasteiger partial charge in [0.25, 0.3) is 0 Å². The molecule has 1 atom stereocenters. The van der Waals surface area contributed by atoms with Crippen molar-refractivity contribution in [2.75, 3.05) is 6.54 Å². The first kappa shape index (κ1) is 7.25. The normalized spacial score (nSPS) is 21.3. The lowest BCUT2D eigenvalue weighted by Crippen LogP contribution is -2.34. The third kappa shape index (κ3) is 1.17. The lowest BCUT2D eigenvalue weighted by molar-refractivity contribution is -0.132. The number of nitrogens with zero attached hydrogens (tertiary/aromatic N) is 1. The minimum Gasteiger partial charge on any atom is -0.333 e. The first-order chi connectivity index (χ1) is 4.75. The molecule has 0 radical (unpaired) electrons. The van der Waals surface area contributed by atoms with Crippen LogP contribution in [0.5, 0.6) is 0 Å². The number of carbonyl (C=O) groups is 2. The third-order valence-electron chi connectivity index (χ3n) is 1.80. The molecule has 1 rings (SSSR count). The van der Waals surface area contributed by atoms with E-state index in [0.29, 0.717) is 6.42 Å². The molecule has 0 bridgehead atoms. The molecule has 1 aliphatic rings. The first-order valence-corrected chi connectivity index (χ1v) is 3.50. The van der Waals surface area contributed by atoms with Crippen LogP contribution >= 0.6 is 0 Å². The highest BCUT2D eigenvalue weighted by Crippen LogP contribution is 2.11. The van der Waals surface area contributed by atoms with Gasteiger partial charge in [0.1, 0.15) is 6.29 Å². The number of hydrogen-bond acceptors (Lipinski definition) is 2. The molecule has 0 aromatic rings. The van der Waals surface area contributed by atoms with Gasteiger partial charge in [0.2, 0.25) is 5.91 Å². The van der Waals surface area contributed by atoms with Crippen LogP contribution in [0.2, 0.25) is 0 Å². The highest BCUT2D eigenvalue weighted by atomic mass is 16.2. The van der Waals surface area contributed by atoms with E-state index in [1.807, 2.05) is 0 Å². The average Bonchev–Trinajstić information content (AvgIpc) is 2.34. The maximum Gasteiger partial charge on any atom is 0.223 e. The van der Waals surface area contributed by atoms with Crippen molar-refractivity contribution in [3.63, 3.8) is 0 Å². The monoisotopic (exact) mass is 141 g/mol. The van der Waals surface area contributed by atoms with Crippen molar-refractivity contribution in [2.45, 2.75) is 25.8 Å². The Balaban J connectivity index is 2.54. The first-order valence-electron chi connectivity index (χ1n) is 3.50. The van der Waals surface area contributed by atoms with E-state index in [1.165, 1.54) is 0 Å². The van der Waals surface area contributed by atoms with Gasteiger partial charge in [0.15, 0.2) is 0 Å². The van der Waals surface area contributed by atoms with Crippen LogP contribution in [0.3, 0.4) is 0 Å². The smallest absolute Gasteiger partial charge is 0.223 e. The van der Waals surface area contributed by atoms with Crippen molar-refractivity contribution in [1.29, 1.82) is 0 Å². The number of carbonyl (C=O) groups excluding carboxylic acids is 2. The third-order valence-corrected chi connectivity index (χ3v) is 1.80. The summed E-state index contributed by atoms with van der Waals surface area (Å²) in [6.45, 7) is 2.50. The summed E-state index contributed by atoms with van der Waals surface area (Å²) < 4.78 is 0. The maximum atomic E-state index is 10.9. The van der Waals surface area contributed by atoms with Crippen LogP contribution in [0.25, 0.3) is 0 Å². The lowest BCUT2D eigenvalue weighted by atomic mass is 10.3. The number of likely N-dealkylation sites (tertiary alicyclic amines) is 1. The van der Waals surface area contributed by atoms with E-state index in [4.69, 9.17) is 0 Å². The molecule has 1 amide bonds. The summed E-state index contributed by atoms with van der Waals surface area (Å²) in [5.74, 6) is 0.111. The minimum atomic E-state index is -0.227. The standard InChI is InChI=1S/C7H11NO2/c1-6(5-9)8-4-2-3-7(8)10/h5-6H,2-4H2,1H3. The maximum absolute atomic E-state index is 10.9. The molecule has 0 saturated carbocycles. The van der Waals surface area contributed by atoms with Crippen molar-refractivity contribution in [2.24, 2.45) is 0 Å². The summed E-state index contributed by atoms with van der Waals surface area (Å²) in [6.07, 6.45) is 2.32. The Morgan fingerprint density at radius 1 is 1.70 bits per heavy atom. The molecule has 0 spiro atoms. The van der Waals surface area contributed by atoms with E-state index in [-0.39, 0.29) is 11.9 Å². The summed E-state index contributed by atoms with van der Waals surface area (Å²) in [7, 11) is 0. The van der Waals surface area contributed by atoms with Crippen LogP contribution < -0.4 is 0 Å². The van der Waals surface area contributed by atoms with Crippen LogP contribution in [0.4, 0.5) is 0 Å². The van der Waals surface area contributed by atoms with Crippen LogP contribution in [0.15, 0.2) is 0 Å². The molecule has 1 aliphatic heterocycles. The Morgan fingerprint density at radius 3 is 2.80 bits per heavy atom. The topological polar surface area (TPSA) is 37.4 Å². The Hall–Kier alpha value is -0.860. The van der Waals surface area contributed by atoms with Gasteiger partial charge >= 0.3 is 0 Å². The second-order valence-corrected chi connectivity index (χ2v) is 2.57. The Labute approximate surface area is 60.0 Å². The summed E-state index contributed by atoms with van der Waals surface area (Å²) in [5, 5.41) is 0. The molecule has 10 heavy (non-hydrogen) atoms. The molecule has 0 N–H and O–H groups in total. The van der Waals surface area contributed by atoms with Gasteiger partial charge in [0, 0.05) is 13.0 Å². The predicted molar refractivity (Wildman–Crippen MR) is 36.5 cm³/mol. The Bertz CT molecular complexity index is 156. The van der Waals surface area contributed by atoms with Crippen molar-refractivity contribution >= 4 is 12.2 Å². The van der Waals surface area contributed by atoms with Crippen molar-refractivity contribution in [1.82, 2.24) is 4.90 Å². The van der Waals surface area contributed by atoms with E-state index in [1.54, 1.807) is 11.8 Å². The SMILES string of the molecule is CC(C=O)N1CCCC1=O. The van der Waals surface area contributed by atoms with Gasteiger partial charge in [-0.25, -0.2) is 0 Å². The molecule has 3 nitrogen and oxygen atoms in total. The zero-order chi connectivity index (χ0) is 7.56. The van der Waals surface area contributed by atoms with Gasteiger partial charge in [-0.2, -0.15) is 0 Å². The fraction of sp³-hybridized carbons (Fsp3) is 0.714. The second-order valence-electron chi connectivity index (χ2n) is 2.57. The summed E-state index contributed by atoms with van der Waals surface area (Å²) in [5.41, 5.74) is 0. The highest BCUT2D eigenvalue weighted by molar-refractivity contribution is 5.81.